The zero-order valence-corrected chi connectivity index (χ0v) is 12.0. The number of carboxylic acid groups (broad SMARTS) is 1. The van der Waals surface area contributed by atoms with Crippen LogP contribution in [0.3, 0.4) is 0 Å². The maximum absolute atomic E-state index is 14.0. The van der Waals surface area contributed by atoms with E-state index < -0.39 is 11.8 Å². The number of fused-ring (bicyclic) bond motifs is 1. The van der Waals surface area contributed by atoms with Crippen molar-refractivity contribution in [3.8, 4) is 0 Å². The van der Waals surface area contributed by atoms with Gasteiger partial charge in [0.15, 0.2) is 0 Å². The minimum absolute atomic E-state index is 0.0137. The SMILES string of the molecule is Nc1cc(F)c(NC2CCCc3sccc32)cc1C(=O)O. The van der Waals surface area contributed by atoms with E-state index in [0.29, 0.717) is 0 Å². The third kappa shape index (κ3) is 2.58. The molecule has 1 heterocycles. The predicted octanol–water partition coefficient (Wildman–Crippen LogP) is 3.66. The Hall–Kier alpha value is -2.08. The van der Waals surface area contributed by atoms with Crippen LogP contribution >= 0.6 is 11.3 Å². The van der Waals surface area contributed by atoms with Gasteiger partial charge in [-0.25, -0.2) is 9.18 Å². The number of anilines is 2. The Morgan fingerprint density at radius 3 is 3.05 bits per heavy atom. The summed E-state index contributed by atoms with van der Waals surface area (Å²) in [7, 11) is 0. The second-order valence-corrected chi connectivity index (χ2v) is 6.11. The Morgan fingerprint density at radius 2 is 2.29 bits per heavy atom. The number of hydrogen-bond donors (Lipinski definition) is 3. The number of carbonyl (C=O) groups is 1. The van der Waals surface area contributed by atoms with Crippen molar-refractivity contribution in [3.63, 3.8) is 0 Å². The average molecular weight is 306 g/mol. The number of aromatic carboxylic acids is 1. The maximum Gasteiger partial charge on any atom is 0.337 e. The minimum atomic E-state index is -1.16. The first-order valence-electron chi connectivity index (χ1n) is 6.71. The molecule has 3 rings (SSSR count). The zero-order chi connectivity index (χ0) is 15.0. The Morgan fingerprint density at radius 1 is 1.48 bits per heavy atom. The number of nitrogens with two attached hydrogens (primary N) is 1. The number of rotatable bonds is 3. The molecule has 1 atom stereocenters. The molecule has 0 bridgehead atoms. The van der Waals surface area contributed by atoms with Crippen molar-refractivity contribution in [3.05, 3.63) is 45.4 Å². The quantitative estimate of drug-likeness (QED) is 0.757. The number of nitrogens with one attached hydrogen (secondary N) is 1. The molecule has 1 aliphatic rings. The zero-order valence-electron chi connectivity index (χ0n) is 11.2. The molecule has 0 fully saturated rings. The average Bonchev–Trinajstić information content (AvgIpc) is 2.90. The number of thiophene rings is 1. The number of halogens is 1. The lowest BCUT2D eigenvalue weighted by molar-refractivity contribution is 0.0698. The third-order valence-corrected chi connectivity index (χ3v) is 4.75. The van der Waals surface area contributed by atoms with Crippen LogP contribution in [0.4, 0.5) is 15.8 Å². The van der Waals surface area contributed by atoms with Gasteiger partial charge in [-0.1, -0.05) is 0 Å². The molecule has 0 amide bonds. The summed E-state index contributed by atoms with van der Waals surface area (Å²) in [5, 5.41) is 14.2. The number of nitrogen functional groups attached to an aromatic ring is 1. The van der Waals surface area contributed by atoms with Crippen molar-refractivity contribution < 1.29 is 14.3 Å². The van der Waals surface area contributed by atoms with Crippen LogP contribution in [0.5, 0.6) is 0 Å². The molecular weight excluding hydrogens is 291 g/mol. The fourth-order valence-electron chi connectivity index (χ4n) is 2.71. The smallest absolute Gasteiger partial charge is 0.337 e. The summed E-state index contributed by atoms with van der Waals surface area (Å²) in [6.45, 7) is 0. The molecule has 21 heavy (non-hydrogen) atoms. The van der Waals surface area contributed by atoms with Gasteiger partial charge in [0.1, 0.15) is 5.82 Å². The lowest BCUT2D eigenvalue weighted by atomic mass is 9.93. The van der Waals surface area contributed by atoms with Crippen LogP contribution in [0, 0.1) is 5.82 Å². The maximum atomic E-state index is 14.0. The summed E-state index contributed by atoms with van der Waals surface area (Å²) in [6, 6.07) is 4.39. The summed E-state index contributed by atoms with van der Waals surface area (Å²) in [6.07, 6.45) is 2.99. The molecule has 1 aliphatic carbocycles. The topological polar surface area (TPSA) is 75.3 Å². The molecule has 1 aromatic heterocycles. The Bertz CT molecular complexity index is 699. The molecule has 110 valence electrons. The number of aryl methyl sites for hydroxylation is 1. The van der Waals surface area contributed by atoms with Crippen molar-refractivity contribution in [2.24, 2.45) is 0 Å². The van der Waals surface area contributed by atoms with E-state index in [-0.39, 0.29) is 23.0 Å². The van der Waals surface area contributed by atoms with Crippen LogP contribution in [0.15, 0.2) is 23.6 Å². The molecule has 0 saturated carbocycles. The normalized spacial score (nSPS) is 17.3. The molecule has 0 saturated heterocycles. The van der Waals surface area contributed by atoms with Crippen LogP contribution in [0.2, 0.25) is 0 Å². The van der Waals surface area contributed by atoms with Crippen molar-refractivity contribution in [1.82, 2.24) is 0 Å². The van der Waals surface area contributed by atoms with Crippen LogP contribution < -0.4 is 11.1 Å². The molecular formula is C15H15FN2O2S. The summed E-state index contributed by atoms with van der Waals surface area (Å²) in [5.74, 6) is -1.68. The van der Waals surface area contributed by atoms with Gasteiger partial charge in [-0.3, -0.25) is 0 Å². The van der Waals surface area contributed by atoms with E-state index in [1.54, 1.807) is 11.3 Å². The fourth-order valence-corrected chi connectivity index (χ4v) is 3.70. The first-order chi connectivity index (χ1) is 10.1. The van der Waals surface area contributed by atoms with E-state index in [9.17, 15) is 9.18 Å². The Labute approximate surface area is 125 Å². The largest absolute Gasteiger partial charge is 0.478 e. The van der Waals surface area contributed by atoms with Gasteiger partial charge in [0, 0.05) is 10.6 Å². The lowest BCUT2D eigenvalue weighted by Gasteiger charge is -2.25. The van der Waals surface area contributed by atoms with E-state index in [1.165, 1.54) is 16.5 Å². The monoisotopic (exact) mass is 306 g/mol. The fraction of sp³-hybridized carbons (Fsp3) is 0.267. The van der Waals surface area contributed by atoms with E-state index in [2.05, 4.69) is 5.32 Å². The van der Waals surface area contributed by atoms with Gasteiger partial charge in [-0.15, -0.1) is 11.3 Å². The number of benzene rings is 1. The second-order valence-electron chi connectivity index (χ2n) is 5.11. The third-order valence-electron chi connectivity index (χ3n) is 3.75. The van der Waals surface area contributed by atoms with Crippen molar-refractivity contribution >= 4 is 28.7 Å². The van der Waals surface area contributed by atoms with Crippen molar-refractivity contribution in [1.29, 1.82) is 0 Å². The molecule has 4 N–H and O–H groups in total. The molecule has 0 aliphatic heterocycles. The van der Waals surface area contributed by atoms with Crippen molar-refractivity contribution in [2.75, 3.05) is 11.1 Å². The minimum Gasteiger partial charge on any atom is -0.478 e. The van der Waals surface area contributed by atoms with Gasteiger partial charge >= 0.3 is 5.97 Å². The first-order valence-corrected chi connectivity index (χ1v) is 7.59. The van der Waals surface area contributed by atoms with Gasteiger partial charge < -0.3 is 16.2 Å². The highest BCUT2D eigenvalue weighted by atomic mass is 32.1. The predicted molar refractivity (Wildman–Crippen MR) is 81.4 cm³/mol. The van der Waals surface area contributed by atoms with E-state index in [4.69, 9.17) is 10.8 Å². The molecule has 1 unspecified atom stereocenters. The van der Waals surface area contributed by atoms with E-state index in [1.807, 2.05) is 11.4 Å². The lowest BCUT2D eigenvalue weighted by Crippen LogP contribution is -2.17. The van der Waals surface area contributed by atoms with Crippen LogP contribution in [-0.4, -0.2) is 11.1 Å². The van der Waals surface area contributed by atoms with Gasteiger partial charge in [0.25, 0.3) is 0 Å². The standard InChI is InChI=1S/C15H15FN2O2S/c16-10-7-11(17)9(15(19)20)6-13(10)18-12-2-1-3-14-8(12)4-5-21-14/h4-7,12,18H,1-3,17H2,(H,19,20). The highest BCUT2D eigenvalue weighted by Crippen LogP contribution is 2.36. The van der Waals surface area contributed by atoms with E-state index >= 15 is 0 Å². The highest BCUT2D eigenvalue weighted by Gasteiger charge is 2.23. The summed E-state index contributed by atoms with van der Waals surface area (Å²) in [5.41, 5.74) is 6.76. The van der Waals surface area contributed by atoms with Crippen LogP contribution in [-0.2, 0) is 6.42 Å². The van der Waals surface area contributed by atoms with Gasteiger partial charge in [-0.05, 0) is 48.4 Å². The van der Waals surface area contributed by atoms with Crippen molar-refractivity contribution in [2.45, 2.75) is 25.3 Å². The van der Waals surface area contributed by atoms with Crippen LogP contribution in [0.1, 0.15) is 39.7 Å². The van der Waals surface area contributed by atoms with Gasteiger partial charge in [0.05, 0.1) is 17.3 Å². The molecule has 2 aromatic rings. The summed E-state index contributed by atoms with van der Waals surface area (Å²) in [4.78, 5) is 12.4. The molecule has 0 radical (unpaired) electrons. The summed E-state index contributed by atoms with van der Waals surface area (Å²) >= 11 is 1.71. The van der Waals surface area contributed by atoms with Gasteiger partial charge in [-0.2, -0.15) is 0 Å². The van der Waals surface area contributed by atoms with E-state index in [0.717, 1.165) is 25.3 Å². The molecule has 6 heteroatoms. The molecule has 0 spiro atoms. The van der Waals surface area contributed by atoms with Crippen LogP contribution in [0.25, 0.3) is 0 Å². The summed E-state index contributed by atoms with van der Waals surface area (Å²) < 4.78 is 14.0. The number of hydrogen-bond acceptors (Lipinski definition) is 4. The van der Waals surface area contributed by atoms with Gasteiger partial charge in [0.2, 0.25) is 0 Å². The highest BCUT2D eigenvalue weighted by molar-refractivity contribution is 7.10. The first kappa shape index (κ1) is 13.9. The Kier molecular flexibility index (Phi) is 3.55. The molecule has 4 nitrogen and oxygen atoms in total. The molecule has 1 aromatic carbocycles. The second kappa shape index (κ2) is 5.37. The number of carboxylic acids is 1. The Balaban J connectivity index is 1.93.